The molecule has 2 heterocycles. The van der Waals surface area contributed by atoms with Gasteiger partial charge in [-0.1, -0.05) is 6.08 Å². The van der Waals surface area contributed by atoms with Gasteiger partial charge in [0, 0.05) is 18.4 Å². The summed E-state index contributed by atoms with van der Waals surface area (Å²) in [5.41, 5.74) is 0.958. The molecule has 170 valence electrons. The first-order valence-electron chi connectivity index (χ1n) is 10.2. The van der Waals surface area contributed by atoms with E-state index < -0.39 is 29.0 Å². The number of benzene rings is 1. The summed E-state index contributed by atoms with van der Waals surface area (Å²) in [7, 11) is 1.61. The van der Waals surface area contributed by atoms with Gasteiger partial charge in [0.05, 0.1) is 28.9 Å². The van der Waals surface area contributed by atoms with Crippen molar-refractivity contribution in [1.29, 1.82) is 5.26 Å². The van der Waals surface area contributed by atoms with Crippen molar-refractivity contribution in [1.82, 2.24) is 9.88 Å². The van der Waals surface area contributed by atoms with E-state index in [1.54, 1.807) is 46.9 Å². The number of nitriles is 1. The summed E-state index contributed by atoms with van der Waals surface area (Å²) in [5, 5.41) is 14.3. The van der Waals surface area contributed by atoms with Crippen molar-refractivity contribution in [3.8, 4) is 6.07 Å². The molecule has 0 bridgehead atoms. The van der Waals surface area contributed by atoms with Crippen molar-refractivity contribution < 1.29 is 18.8 Å². The number of aromatic nitrogens is 1. The van der Waals surface area contributed by atoms with Gasteiger partial charge in [0.25, 0.3) is 17.6 Å². The molecule has 0 aliphatic carbocycles. The topological polar surface area (TPSA) is 116 Å². The highest BCUT2D eigenvalue weighted by Crippen LogP contribution is 2.24. The highest BCUT2D eigenvalue weighted by molar-refractivity contribution is 6.44. The molecular formula is C24H24FN5O3. The van der Waals surface area contributed by atoms with Gasteiger partial charge in [-0.3, -0.25) is 19.4 Å². The molecule has 2 aromatic rings. The average molecular weight is 449 g/mol. The summed E-state index contributed by atoms with van der Waals surface area (Å²) in [4.78, 5) is 43.1. The number of Topliss-reactive ketones (excluding diaryl/α,β-unsaturated/α-hetero) is 1. The lowest BCUT2D eigenvalue weighted by atomic mass is 9.97. The zero-order valence-electron chi connectivity index (χ0n) is 19.0. The van der Waals surface area contributed by atoms with Crippen molar-refractivity contribution in [2.75, 3.05) is 11.9 Å². The van der Waals surface area contributed by atoms with E-state index in [-0.39, 0.29) is 22.5 Å². The number of anilines is 1. The van der Waals surface area contributed by atoms with Gasteiger partial charge in [0.15, 0.2) is 0 Å². The normalized spacial score (nSPS) is 12.8. The van der Waals surface area contributed by atoms with Crippen LogP contribution in [0.4, 0.5) is 10.1 Å². The second-order valence-corrected chi connectivity index (χ2v) is 8.29. The molecule has 9 heteroatoms. The number of rotatable bonds is 6. The Labute approximate surface area is 190 Å². The molecule has 1 aliphatic heterocycles. The fourth-order valence-electron chi connectivity index (χ4n) is 3.81. The molecule has 0 saturated carbocycles. The molecule has 8 nitrogen and oxygen atoms in total. The molecule has 0 radical (unpaired) electrons. The lowest BCUT2D eigenvalue weighted by molar-refractivity contribution is -0.117. The molecule has 1 aromatic heterocycles. The largest absolute Gasteiger partial charge is 0.343 e. The summed E-state index contributed by atoms with van der Waals surface area (Å²) in [6.45, 7) is 7.28. The fraction of sp³-hybridized carbons (Fsp3) is 0.292. The second-order valence-electron chi connectivity index (χ2n) is 8.29. The Hall–Kier alpha value is -4.06. The lowest BCUT2D eigenvalue weighted by Crippen LogP contribution is -2.51. The van der Waals surface area contributed by atoms with E-state index in [2.05, 4.69) is 15.6 Å². The van der Waals surface area contributed by atoms with Crippen LogP contribution in [0.15, 0.2) is 35.3 Å². The molecule has 1 aromatic carbocycles. The Balaban J connectivity index is 1.87. The van der Waals surface area contributed by atoms with Crippen LogP contribution in [0, 0.1) is 31.0 Å². The molecular weight excluding hydrogens is 425 g/mol. The smallest absolute Gasteiger partial charge is 0.293 e. The molecule has 1 aliphatic rings. The van der Waals surface area contributed by atoms with Crippen LogP contribution in [-0.4, -0.2) is 40.0 Å². The first kappa shape index (κ1) is 23.6. The maximum Gasteiger partial charge on any atom is 0.293 e. The minimum Gasteiger partial charge on any atom is -0.343 e. The van der Waals surface area contributed by atoms with Crippen molar-refractivity contribution in [3.63, 3.8) is 0 Å². The number of ketones is 1. The molecule has 33 heavy (non-hydrogen) atoms. The number of aliphatic imine (C=N–C) groups is 1. The summed E-state index contributed by atoms with van der Waals surface area (Å²) >= 11 is 0. The summed E-state index contributed by atoms with van der Waals surface area (Å²) < 4.78 is 15.1. The summed E-state index contributed by atoms with van der Waals surface area (Å²) in [5.74, 6) is -2.81. The maximum absolute atomic E-state index is 13.6. The third-order valence-corrected chi connectivity index (χ3v) is 5.63. The molecule has 2 amide bonds. The Morgan fingerprint density at radius 2 is 1.94 bits per heavy atom. The zero-order valence-corrected chi connectivity index (χ0v) is 19.0. The quantitative estimate of drug-likeness (QED) is 0.521. The molecule has 0 unspecified atom stereocenters. The molecule has 3 rings (SSSR count). The SMILES string of the molecule is Cc1c(C(=O)C(=O)NC(C)(C)C2=NCC=C2)c(C)n(C)c1C(=O)Nc1ccc(F)c(C#N)c1. The lowest BCUT2D eigenvalue weighted by Gasteiger charge is -2.25. The van der Waals surface area contributed by atoms with Gasteiger partial charge in [-0.25, -0.2) is 4.39 Å². The predicted molar refractivity (Wildman–Crippen MR) is 122 cm³/mol. The highest BCUT2D eigenvalue weighted by Gasteiger charge is 2.33. The van der Waals surface area contributed by atoms with Crippen LogP contribution in [0.3, 0.4) is 0 Å². The minimum atomic E-state index is -0.836. The van der Waals surface area contributed by atoms with Gasteiger partial charge in [-0.15, -0.1) is 0 Å². The zero-order chi connectivity index (χ0) is 24.5. The van der Waals surface area contributed by atoms with Crippen LogP contribution >= 0.6 is 0 Å². The number of hydrogen-bond donors (Lipinski definition) is 2. The fourth-order valence-corrected chi connectivity index (χ4v) is 3.81. The van der Waals surface area contributed by atoms with Gasteiger partial charge >= 0.3 is 0 Å². The average Bonchev–Trinajstić information content (AvgIpc) is 3.37. The van der Waals surface area contributed by atoms with Gasteiger partial charge in [0.2, 0.25) is 0 Å². The number of carbonyl (C=O) groups is 3. The van der Waals surface area contributed by atoms with E-state index in [0.717, 1.165) is 6.07 Å². The van der Waals surface area contributed by atoms with E-state index in [0.29, 0.717) is 23.5 Å². The molecule has 0 atom stereocenters. The van der Waals surface area contributed by atoms with Crippen molar-refractivity contribution >= 4 is 29.0 Å². The first-order chi connectivity index (χ1) is 15.5. The van der Waals surface area contributed by atoms with E-state index in [9.17, 15) is 18.8 Å². The maximum atomic E-state index is 13.6. The van der Waals surface area contributed by atoms with Crippen LogP contribution in [0.2, 0.25) is 0 Å². The number of halogens is 1. The second kappa shape index (κ2) is 8.82. The molecule has 0 fully saturated rings. The van der Waals surface area contributed by atoms with Crippen molar-refractivity contribution in [2.24, 2.45) is 12.0 Å². The summed E-state index contributed by atoms with van der Waals surface area (Å²) in [6, 6.07) is 5.36. The van der Waals surface area contributed by atoms with Crippen molar-refractivity contribution in [2.45, 2.75) is 33.2 Å². The number of carbonyl (C=O) groups excluding carboxylic acids is 3. The van der Waals surface area contributed by atoms with Gasteiger partial charge in [-0.2, -0.15) is 5.26 Å². The highest BCUT2D eigenvalue weighted by atomic mass is 19.1. The monoisotopic (exact) mass is 449 g/mol. The molecule has 2 N–H and O–H groups in total. The Morgan fingerprint density at radius 3 is 2.55 bits per heavy atom. The third-order valence-electron chi connectivity index (χ3n) is 5.63. The Bertz CT molecular complexity index is 1280. The third kappa shape index (κ3) is 4.46. The van der Waals surface area contributed by atoms with Gasteiger partial charge < -0.3 is 15.2 Å². The number of amides is 2. The number of nitrogens with one attached hydrogen (secondary N) is 2. The van der Waals surface area contributed by atoms with E-state index in [1.165, 1.54) is 16.7 Å². The standard InChI is InChI=1S/C24H24FN5O3/c1-13-19(21(31)23(33)29-24(3,4)18-7-6-10-27-18)14(2)30(5)20(13)22(32)28-16-8-9-17(25)15(11-16)12-26/h6-9,11H,10H2,1-5H3,(H,28,32)(H,29,33). The van der Waals surface area contributed by atoms with E-state index >= 15 is 0 Å². The minimum absolute atomic E-state index is 0.136. The number of nitrogens with zero attached hydrogens (tertiary/aromatic N) is 3. The van der Waals surface area contributed by atoms with Crippen LogP contribution in [-0.2, 0) is 11.8 Å². The van der Waals surface area contributed by atoms with Gasteiger partial charge in [-0.05, 0) is 57.5 Å². The van der Waals surface area contributed by atoms with Crippen LogP contribution in [0.25, 0.3) is 0 Å². The Kier molecular flexibility index (Phi) is 6.31. The molecule has 0 saturated heterocycles. The predicted octanol–water partition coefficient (Wildman–Crippen LogP) is 2.99. The summed E-state index contributed by atoms with van der Waals surface area (Å²) in [6.07, 6.45) is 3.67. The van der Waals surface area contributed by atoms with Crippen molar-refractivity contribution in [3.05, 3.63) is 64.2 Å². The Morgan fingerprint density at radius 1 is 1.24 bits per heavy atom. The van der Waals surface area contributed by atoms with E-state index in [1.807, 2.05) is 6.08 Å². The molecule has 0 spiro atoms. The van der Waals surface area contributed by atoms with Crippen LogP contribution in [0.5, 0.6) is 0 Å². The van der Waals surface area contributed by atoms with E-state index in [4.69, 9.17) is 5.26 Å². The number of hydrogen-bond acceptors (Lipinski definition) is 5. The first-order valence-corrected chi connectivity index (χ1v) is 10.2. The van der Waals surface area contributed by atoms with Crippen LogP contribution in [0.1, 0.15) is 51.5 Å². The van der Waals surface area contributed by atoms with Gasteiger partial charge in [0.1, 0.15) is 17.6 Å². The van der Waals surface area contributed by atoms with Crippen LogP contribution < -0.4 is 10.6 Å².